The van der Waals surface area contributed by atoms with E-state index in [0.717, 1.165) is 21.5 Å². The van der Waals surface area contributed by atoms with Gasteiger partial charge in [0, 0.05) is 31.0 Å². The standard InChI is InChI=1S/C25H25N3O2S/c1-17-9-11-20(12-10-17)21-15-31-24-23(21)25(30)28(16-26-24)14-13-22(29)27(3)18(2)19-7-5-4-6-8-19/h4-12,15-16,18H,13-14H2,1-3H3. The van der Waals surface area contributed by atoms with Gasteiger partial charge in [0.25, 0.3) is 5.56 Å². The summed E-state index contributed by atoms with van der Waals surface area (Å²) in [5, 5.41) is 2.60. The Balaban J connectivity index is 1.54. The van der Waals surface area contributed by atoms with Crippen LogP contribution in [0.1, 0.15) is 30.5 Å². The van der Waals surface area contributed by atoms with Gasteiger partial charge >= 0.3 is 0 Å². The molecule has 1 atom stereocenters. The quantitative estimate of drug-likeness (QED) is 0.430. The van der Waals surface area contributed by atoms with Crippen LogP contribution in [-0.2, 0) is 11.3 Å². The Morgan fingerprint density at radius 3 is 2.55 bits per heavy atom. The van der Waals surface area contributed by atoms with E-state index in [1.54, 1.807) is 22.8 Å². The molecule has 0 radical (unpaired) electrons. The Labute approximate surface area is 185 Å². The number of amides is 1. The lowest BCUT2D eigenvalue weighted by Crippen LogP contribution is -2.31. The minimum absolute atomic E-state index is 0.00701. The van der Waals surface area contributed by atoms with E-state index in [1.807, 2.05) is 73.8 Å². The Morgan fingerprint density at radius 2 is 1.84 bits per heavy atom. The zero-order valence-corrected chi connectivity index (χ0v) is 18.7. The molecule has 6 heteroatoms. The molecule has 0 saturated carbocycles. The van der Waals surface area contributed by atoms with E-state index in [4.69, 9.17) is 0 Å². The Hall–Kier alpha value is -3.25. The van der Waals surface area contributed by atoms with Crippen LogP contribution in [0.5, 0.6) is 0 Å². The molecular weight excluding hydrogens is 406 g/mol. The third-order valence-electron chi connectivity index (χ3n) is 5.75. The molecule has 2 aromatic carbocycles. The van der Waals surface area contributed by atoms with Crippen molar-refractivity contribution in [1.82, 2.24) is 14.5 Å². The maximum Gasteiger partial charge on any atom is 0.262 e. The molecule has 0 saturated heterocycles. The second-order valence-corrected chi connectivity index (χ2v) is 8.64. The third kappa shape index (κ3) is 4.30. The van der Waals surface area contributed by atoms with Gasteiger partial charge in [-0.25, -0.2) is 4.98 Å². The van der Waals surface area contributed by atoms with Crippen molar-refractivity contribution in [3.63, 3.8) is 0 Å². The average molecular weight is 432 g/mol. The third-order valence-corrected chi connectivity index (χ3v) is 6.63. The lowest BCUT2D eigenvalue weighted by molar-refractivity contribution is -0.132. The highest BCUT2D eigenvalue weighted by Crippen LogP contribution is 2.30. The lowest BCUT2D eigenvalue weighted by atomic mass is 10.1. The van der Waals surface area contributed by atoms with Crippen molar-refractivity contribution in [3.05, 3.63) is 87.8 Å². The molecule has 2 aromatic heterocycles. The number of aryl methyl sites for hydroxylation is 2. The smallest absolute Gasteiger partial charge is 0.262 e. The second kappa shape index (κ2) is 8.86. The molecule has 0 aliphatic heterocycles. The first kappa shape index (κ1) is 21.0. The number of hydrogen-bond donors (Lipinski definition) is 0. The van der Waals surface area contributed by atoms with Crippen molar-refractivity contribution < 1.29 is 4.79 Å². The van der Waals surface area contributed by atoms with E-state index < -0.39 is 0 Å². The molecule has 4 rings (SSSR count). The van der Waals surface area contributed by atoms with Crippen molar-refractivity contribution >= 4 is 27.5 Å². The number of hydrogen-bond acceptors (Lipinski definition) is 4. The first-order valence-corrected chi connectivity index (χ1v) is 11.2. The van der Waals surface area contributed by atoms with E-state index in [2.05, 4.69) is 4.98 Å². The Morgan fingerprint density at radius 1 is 1.13 bits per heavy atom. The van der Waals surface area contributed by atoms with Crippen LogP contribution < -0.4 is 5.56 Å². The van der Waals surface area contributed by atoms with Gasteiger partial charge in [-0.15, -0.1) is 11.3 Å². The molecule has 0 aliphatic rings. The summed E-state index contributed by atoms with van der Waals surface area (Å²) in [7, 11) is 1.80. The summed E-state index contributed by atoms with van der Waals surface area (Å²) in [6.45, 7) is 4.35. The molecule has 1 amide bonds. The molecule has 5 nitrogen and oxygen atoms in total. The van der Waals surface area contributed by atoms with Gasteiger partial charge < -0.3 is 4.90 Å². The van der Waals surface area contributed by atoms with Crippen molar-refractivity contribution in [2.75, 3.05) is 7.05 Å². The summed E-state index contributed by atoms with van der Waals surface area (Å²) in [4.78, 5) is 32.9. The van der Waals surface area contributed by atoms with E-state index in [1.165, 1.54) is 16.9 Å². The van der Waals surface area contributed by atoms with E-state index in [9.17, 15) is 9.59 Å². The minimum atomic E-state index is -0.103. The lowest BCUT2D eigenvalue weighted by Gasteiger charge is -2.25. The fourth-order valence-electron chi connectivity index (χ4n) is 3.64. The fraction of sp³-hybridized carbons (Fsp3) is 0.240. The van der Waals surface area contributed by atoms with E-state index in [0.29, 0.717) is 11.9 Å². The predicted octanol–water partition coefficient (Wildman–Crippen LogP) is 5.04. The molecular formula is C25H25N3O2S. The van der Waals surface area contributed by atoms with Crippen LogP contribution in [0.4, 0.5) is 0 Å². The number of benzene rings is 2. The zero-order chi connectivity index (χ0) is 22.0. The van der Waals surface area contributed by atoms with Crippen molar-refractivity contribution in [2.24, 2.45) is 0 Å². The molecule has 0 bridgehead atoms. The maximum atomic E-state index is 13.2. The minimum Gasteiger partial charge on any atom is -0.339 e. The number of rotatable bonds is 6. The molecule has 1 unspecified atom stereocenters. The number of aromatic nitrogens is 2. The zero-order valence-electron chi connectivity index (χ0n) is 17.9. The normalized spacial score (nSPS) is 12.1. The largest absolute Gasteiger partial charge is 0.339 e. The van der Waals surface area contributed by atoms with Crippen molar-refractivity contribution in [1.29, 1.82) is 0 Å². The molecule has 0 N–H and O–H groups in total. The number of nitrogens with zero attached hydrogens (tertiary/aromatic N) is 3. The van der Waals surface area contributed by atoms with E-state index in [-0.39, 0.29) is 23.9 Å². The summed E-state index contributed by atoms with van der Waals surface area (Å²) in [6, 6.07) is 18.0. The Bertz CT molecular complexity index is 1260. The number of fused-ring (bicyclic) bond motifs is 1. The summed E-state index contributed by atoms with van der Waals surface area (Å²) in [5.41, 5.74) is 4.05. The highest BCUT2D eigenvalue weighted by molar-refractivity contribution is 7.17. The highest BCUT2D eigenvalue weighted by Gasteiger charge is 2.18. The summed E-state index contributed by atoms with van der Waals surface area (Å²) in [6.07, 6.45) is 1.79. The molecule has 0 fully saturated rings. The van der Waals surface area contributed by atoms with Crippen LogP contribution in [0.3, 0.4) is 0 Å². The van der Waals surface area contributed by atoms with Crippen LogP contribution in [0.2, 0.25) is 0 Å². The van der Waals surface area contributed by atoms with Crippen LogP contribution in [-0.4, -0.2) is 27.4 Å². The van der Waals surface area contributed by atoms with Crippen LogP contribution >= 0.6 is 11.3 Å². The number of carbonyl (C=O) groups excluding carboxylic acids is 1. The fourth-order valence-corrected chi connectivity index (χ4v) is 4.54. The molecule has 158 valence electrons. The first-order valence-electron chi connectivity index (χ1n) is 10.3. The maximum absolute atomic E-state index is 13.2. The average Bonchev–Trinajstić information content (AvgIpc) is 3.23. The number of carbonyl (C=O) groups is 1. The van der Waals surface area contributed by atoms with Gasteiger partial charge in [0.05, 0.1) is 17.8 Å². The van der Waals surface area contributed by atoms with Gasteiger partial charge in [-0.05, 0) is 25.0 Å². The summed E-state index contributed by atoms with van der Waals surface area (Å²) < 4.78 is 1.55. The predicted molar refractivity (Wildman–Crippen MR) is 126 cm³/mol. The van der Waals surface area contributed by atoms with Crippen LogP contribution in [0, 0.1) is 6.92 Å². The number of thiophene rings is 1. The summed E-state index contributed by atoms with van der Waals surface area (Å²) in [5.74, 6) is -0.00701. The highest BCUT2D eigenvalue weighted by atomic mass is 32.1. The van der Waals surface area contributed by atoms with Gasteiger partial charge in [0.15, 0.2) is 0 Å². The topological polar surface area (TPSA) is 55.2 Å². The molecule has 4 aromatic rings. The molecule has 31 heavy (non-hydrogen) atoms. The second-order valence-electron chi connectivity index (χ2n) is 7.78. The van der Waals surface area contributed by atoms with Gasteiger partial charge in [0.2, 0.25) is 5.91 Å². The van der Waals surface area contributed by atoms with Gasteiger partial charge in [-0.3, -0.25) is 14.2 Å². The monoisotopic (exact) mass is 431 g/mol. The van der Waals surface area contributed by atoms with Crippen LogP contribution in [0.15, 0.2) is 71.1 Å². The molecule has 0 spiro atoms. The first-order chi connectivity index (χ1) is 15.0. The van der Waals surface area contributed by atoms with Crippen molar-refractivity contribution in [2.45, 2.75) is 32.9 Å². The Kier molecular flexibility index (Phi) is 6.00. The van der Waals surface area contributed by atoms with Crippen LogP contribution in [0.25, 0.3) is 21.3 Å². The van der Waals surface area contributed by atoms with E-state index >= 15 is 0 Å². The van der Waals surface area contributed by atoms with Gasteiger partial charge in [-0.1, -0.05) is 60.2 Å². The molecule has 0 aliphatic carbocycles. The van der Waals surface area contributed by atoms with Crippen molar-refractivity contribution in [3.8, 4) is 11.1 Å². The SMILES string of the molecule is Cc1ccc(-c2csc3ncn(CCC(=O)N(C)C(C)c4ccccc4)c(=O)c23)cc1. The van der Waals surface area contributed by atoms with Gasteiger partial charge in [0.1, 0.15) is 4.83 Å². The summed E-state index contributed by atoms with van der Waals surface area (Å²) >= 11 is 1.47. The molecule has 2 heterocycles. The van der Waals surface area contributed by atoms with Gasteiger partial charge in [-0.2, -0.15) is 0 Å².